The molecular formula is C32H56O3Si2. The van der Waals surface area contributed by atoms with E-state index in [2.05, 4.69) is 126 Å². The molecule has 1 heterocycles. The molecule has 1 aliphatic carbocycles. The van der Waals surface area contributed by atoms with E-state index in [1.807, 2.05) is 0 Å². The Balaban J connectivity index is 2.32. The molecule has 2 aliphatic rings. The zero-order chi connectivity index (χ0) is 28.2. The number of allylic oxidation sites excluding steroid dienone is 9. The average Bonchev–Trinajstić information content (AvgIpc) is 2.98. The van der Waals surface area contributed by atoms with E-state index in [1.165, 1.54) is 35.1 Å². The van der Waals surface area contributed by atoms with Crippen LogP contribution in [0.4, 0.5) is 0 Å². The third-order valence-electron chi connectivity index (χ3n) is 8.44. The minimum atomic E-state index is -2.54. The van der Waals surface area contributed by atoms with Crippen LogP contribution in [0.3, 0.4) is 0 Å². The Morgan fingerprint density at radius 1 is 0.919 bits per heavy atom. The van der Waals surface area contributed by atoms with Crippen molar-refractivity contribution < 1.29 is 13.0 Å². The normalized spacial score (nSPS) is 26.0. The first-order valence-electron chi connectivity index (χ1n) is 14.5. The van der Waals surface area contributed by atoms with Crippen molar-refractivity contribution in [2.75, 3.05) is 6.61 Å². The summed E-state index contributed by atoms with van der Waals surface area (Å²) >= 11 is 0. The van der Waals surface area contributed by atoms with Crippen LogP contribution in [0, 0.1) is 5.41 Å². The van der Waals surface area contributed by atoms with E-state index in [-0.39, 0.29) is 11.5 Å². The average molecular weight is 545 g/mol. The zero-order valence-electron chi connectivity index (χ0n) is 26.2. The lowest BCUT2D eigenvalue weighted by Gasteiger charge is -2.45. The van der Waals surface area contributed by atoms with Crippen molar-refractivity contribution in [1.29, 1.82) is 0 Å². The third kappa shape index (κ3) is 7.36. The molecule has 0 radical (unpaired) electrons. The predicted octanol–water partition coefficient (Wildman–Crippen LogP) is 10.1. The van der Waals surface area contributed by atoms with Gasteiger partial charge in [-0.1, -0.05) is 117 Å². The number of hydrogen-bond acceptors (Lipinski definition) is 3. The van der Waals surface area contributed by atoms with Crippen LogP contribution in [0.15, 0.2) is 58.7 Å². The van der Waals surface area contributed by atoms with E-state index in [0.717, 1.165) is 0 Å². The fraction of sp³-hybridized carbons (Fsp3) is 0.688. The molecule has 1 atom stereocenters. The van der Waals surface area contributed by atoms with Crippen LogP contribution < -0.4 is 0 Å². The van der Waals surface area contributed by atoms with Gasteiger partial charge in [0.1, 0.15) is 0 Å². The lowest BCUT2D eigenvalue weighted by atomic mass is 9.73. The number of rotatable bonds is 8. The second-order valence-corrected chi connectivity index (χ2v) is 22.0. The van der Waals surface area contributed by atoms with Gasteiger partial charge < -0.3 is 13.0 Å². The maximum atomic E-state index is 7.24. The minimum absolute atomic E-state index is 0.0739. The molecule has 1 saturated heterocycles. The van der Waals surface area contributed by atoms with Gasteiger partial charge in [0, 0.05) is 0 Å². The van der Waals surface area contributed by atoms with Gasteiger partial charge in [0.15, 0.2) is 0 Å². The SMILES string of the molecule is CC1=CCCC(C)(C)\C1=C/C=C(C)/C=C/C=C(\C)[C@H]1CO[Si](C(C)C)(C(C)C)O[Si](C(C)C)(C(C)C)O1. The largest absolute Gasteiger partial charge is 0.414 e. The molecule has 5 heteroatoms. The van der Waals surface area contributed by atoms with Crippen molar-refractivity contribution in [1.82, 2.24) is 0 Å². The van der Waals surface area contributed by atoms with E-state index in [4.69, 9.17) is 13.0 Å². The third-order valence-corrected chi connectivity index (χ3v) is 18.7. The molecule has 210 valence electrons. The minimum Gasteiger partial charge on any atom is -0.414 e. The Kier molecular flexibility index (Phi) is 11.2. The van der Waals surface area contributed by atoms with Crippen LogP contribution in [-0.2, 0) is 13.0 Å². The lowest BCUT2D eigenvalue weighted by Crippen LogP contribution is -2.59. The first-order chi connectivity index (χ1) is 17.1. The first-order valence-corrected chi connectivity index (χ1v) is 18.5. The summed E-state index contributed by atoms with van der Waals surface area (Å²) in [5.74, 6) is 0. The van der Waals surface area contributed by atoms with Crippen molar-refractivity contribution in [2.45, 2.75) is 131 Å². The van der Waals surface area contributed by atoms with E-state index in [1.54, 1.807) is 0 Å². The molecule has 0 aromatic heterocycles. The summed E-state index contributed by atoms with van der Waals surface area (Å²) in [6.07, 6.45) is 15.8. The van der Waals surface area contributed by atoms with Gasteiger partial charge in [0.2, 0.25) is 0 Å². The van der Waals surface area contributed by atoms with Crippen LogP contribution >= 0.6 is 0 Å². The molecule has 1 aliphatic heterocycles. The van der Waals surface area contributed by atoms with Crippen molar-refractivity contribution in [2.24, 2.45) is 5.41 Å². The molecule has 1 fully saturated rings. The Bertz CT molecular complexity index is 916. The van der Waals surface area contributed by atoms with Crippen LogP contribution in [0.2, 0.25) is 22.2 Å². The molecule has 0 N–H and O–H groups in total. The topological polar surface area (TPSA) is 27.7 Å². The van der Waals surface area contributed by atoms with Crippen molar-refractivity contribution in [3.63, 3.8) is 0 Å². The summed E-state index contributed by atoms with van der Waals surface area (Å²) in [5, 5.41) is 0. The fourth-order valence-corrected chi connectivity index (χ4v) is 17.1. The second-order valence-electron chi connectivity index (χ2n) is 13.2. The molecule has 0 spiro atoms. The Hall–Kier alpha value is -0.986. The van der Waals surface area contributed by atoms with E-state index in [9.17, 15) is 0 Å². The predicted molar refractivity (Wildman–Crippen MR) is 165 cm³/mol. The Labute approximate surface area is 231 Å². The van der Waals surface area contributed by atoms with Gasteiger partial charge in [-0.25, -0.2) is 0 Å². The molecule has 0 amide bonds. The summed E-state index contributed by atoms with van der Waals surface area (Å²) in [6, 6.07) is 0. The van der Waals surface area contributed by atoms with Gasteiger partial charge in [0.05, 0.1) is 12.7 Å². The molecule has 0 aromatic rings. The van der Waals surface area contributed by atoms with Crippen molar-refractivity contribution in [3.05, 3.63) is 58.7 Å². The van der Waals surface area contributed by atoms with Crippen molar-refractivity contribution >= 4 is 17.1 Å². The second kappa shape index (κ2) is 12.9. The molecule has 0 unspecified atom stereocenters. The van der Waals surface area contributed by atoms with Crippen LogP contribution in [0.5, 0.6) is 0 Å². The van der Waals surface area contributed by atoms with Gasteiger partial charge in [-0.05, 0) is 72.3 Å². The molecule has 0 bridgehead atoms. The van der Waals surface area contributed by atoms with Gasteiger partial charge >= 0.3 is 17.1 Å². The maximum Gasteiger partial charge on any atom is 0.335 e. The highest BCUT2D eigenvalue weighted by atomic mass is 28.5. The molecule has 0 aromatic carbocycles. The molecule has 3 nitrogen and oxygen atoms in total. The van der Waals surface area contributed by atoms with E-state index < -0.39 is 17.1 Å². The highest BCUT2D eigenvalue weighted by molar-refractivity contribution is 6.84. The summed E-state index contributed by atoms with van der Waals surface area (Å²) in [6.45, 7) is 30.1. The highest BCUT2D eigenvalue weighted by Gasteiger charge is 2.59. The monoisotopic (exact) mass is 544 g/mol. The zero-order valence-corrected chi connectivity index (χ0v) is 28.2. The fourth-order valence-electron chi connectivity index (χ4n) is 5.91. The first kappa shape index (κ1) is 32.2. The van der Waals surface area contributed by atoms with Gasteiger partial charge in [0.25, 0.3) is 0 Å². The van der Waals surface area contributed by atoms with Crippen LogP contribution in [-0.4, -0.2) is 29.8 Å². The smallest absolute Gasteiger partial charge is 0.335 e. The van der Waals surface area contributed by atoms with Gasteiger partial charge in [-0.15, -0.1) is 0 Å². The van der Waals surface area contributed by atoms with E-state index >= 15 is 0 Å². The van der Waals surface area contributed by atoms with Crippen molar-refractivity contribution in [3.8, 4) is 0 Å². The van der Waals surface area contributed by atoms with Gasteiger partial charge in [-0.2, -0.15) is 0 Å². The summed E-state index contributed by atoms with van der Waals surface area (Å²) in [7, 11) is -5.00. The lowest BCUT2D eigenvalue weighted by molar-refractivity contribution is 0.143. The Morgan fingerprint density at radius 2 is 1.49 bits per heavy atom. The highest BCUT2D eigenvalue weighted by Crippen LogP contribution is 2.47. The summed E-state index contributed by atoms with van der Waals surface area (Å²) in [4.78, 5) is 0. The maximum absolute atomic E-state index is 7.24. The van der Waals surface area contributed by atoms with Crippen LogP contribution in [0.1, 0.15) is 103 Å². The Morgan fingerprint density at radius 3 is 2.00 bits per heavy atom. The molecule has 2 rings (SSSR count). The number of hydrogen-bond donors (Lipinski definition) is 0. The van der Waals surface area contributed by atoms with Crippen LogP contribution in [0.25, 0.3) is 0 Å². The molecule has 0 saturated carbocycles. The summed E-state index contributed by atoms with van der Waals surface area (Å²) in [5.41, 5.74) is 7.00. The van der Waals surface area contributed by atoms with E-state index in [0.29, 0.717) is 28.8 Å². The summed E-state index contributed by atoms with van der Waals surface area (Å²) < 4.78 is 21.1. The standard InChI is InChI=1S/C32H56O3Si2/c1-23(2)36(24(3)4)33-22-31(34-37(35-36,25(5)6)26(7)8)29(11)17-14-16-27(9)19-20-30-28(10)18-15-21-32(30,12)13/h14,16-20,23-26,31H,15,21-22H2,1-13H3/b16-14+,27-19+,29-17+,30-20-/t31-/m1/s1. The van der Waals surface area contributed by atoms with Gasteiger partial charge in [-0.3, -0.25) is 0 Å². The molecular weight excluding hydrogens is 489 g/mol. The molecule has 37 heavy (non-hydrogen) atoms. The quantitative estimate of drug-likeness (QED) is 0.225.